The average molecular weight is 376 g/mol. The second-order valence-electron chi connectivity index (χ2n) is 5.97. The van der Waals surface area contributed by atoms with Gasteiger partial charge >= 0.3 is 0 Å². The highest BCUT2D eigenvalue weighted by molar-refractivity contribution is 6.07. The van der Waals surface area contributed by atoms with Gasteiger partial charge in [-0.25, -0.2) is 0 Å². The molecule has 1 aliphatic heterocycles. The Bertz CT molecular complexity index is 969. The molecule has 6 heteroatoms. The first-order valence-electron chi connectivity index (χ1n) is 8.81. The number of nitrogens with zero attached hydrogens (tertiary/aromatic N) is 1. The highest BCUT2D eigenvalue weighted by Gasteiger charge is 2.17. The third-order valence-electron chi connectivity index (χ3n) is 4.07. The lowest BCUT2D eigenvalue weighted by atomic mass is 10.0. The Kier molecular flexibility index (Phi) is 5.97. The summed E-state index contributed by atoms with van der Waals surface area (Å²) in [6, 6.07) is 14.5. The molecule has 0 radical (unpaired) electrons. The minimum Gasteiger partial charge on any atom is -0.494 e. The molecule has 2 aromatic rings. The summed E-state index contributed by atoms with van der Waals surface area (Å²) in [6.45, 7) is 2.71. The van der Waals surface area contributed by atoms with Gasteiger partial charge in [0.05, 0.1) is 13.7 Å². The summed E-state index contributed by atoms with van der Waals surface area (Å²) in [6.07, 6.45) is 3.41. The van der Waals surface area contributed by atoms with E-state index in [0.29, 0.717) is 23.8 Å². The SMILES string of the molecule is CCOc1ccc(NC(=O)C(C#N)=CC2=Cc3cccc(OC)c3OC2)cc1. The molecule has 0 bridgehead atoms. The summed E-state index contributed by atoms with van der Waals surface area (Å²) in [4.78, 5) is 12.5. The van der Waals surface area contributed by atoms with E-state index in [1.165, 1.54) is 6.08 Å². The van der Waals surface area contributed by atoms with Crippen LogP contribution in [0.15, 0.2) is 59.7 Å². The van der Waals surface area contributed by atoms with Crippen molar-refractivity contribution >= 4 is 17.7 Å². The minimum absolute atomic E-state index is 0.00455. The number of rotatable bonds is 6. The van der Waals surface area contributed by atoms with Crippen LogP contribution in [0.4, 0.5) is 5.69 Å². The summed E-state index contributed by atoms with van der Waals surface area (Å²) in [7, 11) is 1.58. The lowest BCUT2D eigenvalue weighted by Crippen LogP contribution is -2.15. The first-order chi connectivity index (χ1) is 13.6. The minimum atomic E-state index is -0.482. The number of ether oxygens (including phenoxy) is 3. The standard InChI is InChI=1S/C22H20N2O4/c1-3-27-19-9-7-18(8-10-19)24-22(25)17(13-23)12-15-11-16-5-4-6-20(26-2)21(16)28-14-15/h4-12H,3,14H2,1-2H3,(H,24,25). The zero-order valence-corrected chi connectivity index (χ0v) is 15.7. The van der Waals surface area contributed by atoms with Gasteiger partial charge in [0.1, 0.15) is 24.0 Å². The summed E-state index contributed by atoms with van der Waals surface area (Å²) < 4.78 is 16.4. The van der Waals surface area contributed by atoms with Crippen molar-refractivity contribution < 1.29 is 19.0 Å². The van der Waals surface area contributed by atoms with E-state index < -0.39 is 5.91 Å². The Morgan fingerprint density at radius 1 is 1.29 bits per heavy atom. The van der Waals surface area contributed by atoms with E-state index in [9.17, 15) is 10.1 Å². The van der Waals surface area contributed by atoms with Crippen molar-refractivity contribution in [1.29, 1.82) is 5.26 Å². The van der Waals surface area contributed by atoms with Gasteiger partial charge in [-0.1, -0.05) is 12.1 Å². The first kappa shape index (κ1) is 19.1. The third kappa shape index (κ3) is 4.33. The van der Waals surface area contributed by atoms with Crippen LogP contribution in [0.1, 0.15) is 12.5 Å². The zero-order valence-electron chi connectivity index (χ0n) is 15.7. The zero-order chi connectivity index (χ0) is 19.9. The molecule has 0 aromatic heterocycles. The fourth-order valence-corrected chi connectivity index (χ4v) is 2.78. The van der Waals surface area contributed by atoms with Crippen molar-refractivity contribution in [3.8, 4) is 23.3 Å². The number of nitrogens with one attached hydrogen (secondary N) is 1. The topological polar surface area (TPSA) is 80.6 Å². The van der Waals surface area contributed by atoms with Gasteiger partial charge in [0.15, 0.2) is 11.5 Å². The van der Waals surface area contributed by atoms with E-state index in [2.05, 4.69) is 5.32 Å². The molecule has 1 heterocycles. The quantitative estimate of drug-likeness (QED) is 0.610. The molecule has 2 aromatic carbocycles. The molecular formula is C22H20N2O4. The van der Waals surface area contributed by atoms with Gasteiger partial charge in [-0.2, -0.15) is 5.26 Å². The molecule has 0 saturated heterocycles. The van der Waals surface area contributed by atoms with Crippen LogP contribution >= 0.6 is 0 Å². The van der Waals surface area contributed by atoms with Crippen LogP contribution in [0.2, 0.25) is 0 Å². The van der Waals surface area contributed by atoms with E-state index in [-0.39, 0.29) is 12.2 Å². The summed E-state index contributed by atoms with van der Waals surface area (Å²) >= 11 is 0. The second-order valence-corrected chi connectivity index (χ2v) is 5.97. The van der Waals surface area contributed by atoms with Crippen molar-refractivity contribution in [1.82, 2.24) is 0 Å². The molecule has 0 spiro atoms. The number of benzene rings is 2. The van der Waals surface area contributed by atoms with Crippen molar-refractivity contribution in [2.45, 2.75) is 6.92 Å². The smallest absolute Gasteiger partial charge is 0.266 e. The predicted molar refractivity (Wildman–Crippen MR) is 106 cm³/mol. The number of fused-ring (bicyclic) bond motifs is 1. The molecular weight excluding hydrogens is 356 g/mol. The highest BCUT2D eigenvalue weighted by atomic mass is 16.5. The number of amides is 1. The molecule has 0 fully saturated rings. The van der Waals surface area contributed by atoms with E-state index in [0.717, 1.165) is 16.9 Å². The van der Waals surface area contributed by atoms with Gasteiger partial charge in [-0.15, -0.1) is 0 Å². The number of hydrogen-bond acceptors (Lipinski definition) is 5. The predicted octanol–water partition coefficient (Wildman–Crippen LogP) is 3.96. The monoisotopic (exact) mass is 376 g/mol. The summed E-state index contributed by atoms with van der Waals surface area (Å²) in [5.74, 6) is 1.53. The maximum absolute atomic E-state index is 12.5. The first-order valence-corrected chi connectivity index (χ1v) is 8.81. The molecule has 0 atom stereocenters. The lowest BCUT2D eigenvalue weighted by Gasteiger charge is -2.18. The van der Waals surface area contributed by atoms with Crippen molar-refractivity contribution in [3.05, 3.63) is 65.3 Å². The van der Waals surface area contributed by atoms with Crippen molar-refractivity contribution in [3.63, 3.8) is 0 Å². The average Bonchev–Trinajstić information content (AvgIpc) is 2.72. The molecule has 28 heavy (non-hydrogen) atoms. The Morgan fingerprint density at radius 2 is 2.07 bits per heavy atom. The molecule has 1 N–H and O–H groups in total. The molecule has 0 unspecified atom stereocenters. The normalized spacial score (nSPS) is 12.8. The maximum atomic E-state index is 12.5. The van der Waals surface area contributed by atoms with E-state index in [1.54, 1.807) is 31.4 Å². The number of methoxy groups -OCH3 is 1. The summed E-state index contributed by atoms with van der Waals surface area (Å²) in [5.41, 5.74) is 2.13. The molecule has 0 aliphatic carbocycles. The molecule has 0 saturated carbocycles. The molecule has 142 valence electrons. The highest BCUT2D eigenvalue weighted by Crippen LogP contribution is 2.35. The second kappa shape index (κ2) is 8.78. The van der Waals surface area contributed by atoms with Crippen molar-refractivity contribution in [2.24, 2.45) is 0 Å². The largest absolute Gasteiger partial charge is 0.494 e. The van der Waals surface area contributed by atoms with Crippen LogP contribution in [0.25, 0.3) is 6.08 Å². The van der Waals surface area contributed by atoms with Gasteiger partial charge in [0, 0.05) is 11.3 Å². The Labute approximate surface area is 163 Å². The molecule has 6 nitrogen and oxygen atoms in total. The van der Waals surface area contributed by atoms with Gasteiger partial charge in [-0.05, 0) is 55.0 Å². The Morgan fingerprint density at radius 3 is 2.75 bits per heavy atom. The van der Waals surface area contributed by atoms with Crippen LogP contribution in [-0.2, 0) is 4.79 Å². The van der Waals surface area contributed by atoms with Crippen LogP contribution in [0.5, 0.6) is 17.2 Å². The summed E-state index contributed by atoms with van der Waals surface area (Å²) in [5, 5.41) is 12.1. The lowest BCUT2D eigenvalue weighted by molar-refractivity contribution is -0.112. The fraction of sp³-hybridized carbons (Fsp3) is 0.182. The van der Waals surface area contributed by atoms with E-state index >= 15 is 0 Å². The Balaban J connectivity index is 1.77. The van der Waals surface area contributed by atoms with Crippen LogP contribution in [0, 0.1) is 11.3 Å². The molecule has 1 amide bonds. The van der Waals surface area contributed by atoms with E-state index in [4.69, 9.17) is 14.2 Å². The third-order valence-corrected chi connectivity index (χ3v) is 4.07. The Hall–Kier alpha value is -3.72. The van der Waals surface area contributed by atoms with Gasteiger partial charge < -0.3 is 19.5 Å². The van der Waals surface area contributed by atoms with E-state index in [1.807, 2.05) is 37.3 Å². The molecule has 3 rings (SSSR count). The van der Waals surface area contributed by atoms with Crippen LogP contribution in [-0.4, -0.2) is 26.2 Å². The number of anilines is 1. The van der Waals surface area contributed by atoms with Gasteiger partial charge in [-0.3, -0.25) is 4.79 Å². The van der Waals surface area contributed by atoms with Crippen LogP contribution in [0.3, 0.4) is 0 Å². The number of para-hydroxylation sites is 1. The van der Waals surface area contributed by atoms with Gasteiger partial charge in [0.2, 0.25) is 0 Å². The number of carbonyl (C=O) groups excluding carboxylic acids is 1. The number of hydrogen-bond donors (Lipinski definition) is 1. The molecule has 1 aliphatic rings. The van der Waals surface area contributed by atoms with Gasteiger partial charge in [0.25, 0.3) is 5.91 Å². The fourth-order valence-electron chi connectivity index (χ4n) is 2.78. The van der Waals surface area contributed by atoms with Crippen LogP contribution < -0.4 is 19.5 Å². The maximum Gasteiger partial charge on any atom is 0.266 e. The van der Waals surface area contributed by atoms with Crippen molar-refractivity contribution in [2.75, 3.05) is 25.6 Å². The number of carbonyl (C=O) groups is 1. The number of nitriles is 1.